The highest BCUT2D eigenvalue weighted by Crippen LogP contribution is 2.44. The van der Waals surface area contributed by atoms with Crippen LogP contribution in [0.3, 0.4) is 0 Å². The average Bonchev–Trinajstić information content (AvgIpc) is 3.49. The van der Waals surface area contributed by atoms with Crippen molar-refractivity contribution in [3.63, 3.8) is 0 Å². The zero-order valence-electron chi connectivity index (χ0n) is 18.2. The number of nitrogens with one attached hydrogen (secondary N) is 1. The summed E-state index contributed by atoms with van der Waals surface area (Å²) in [6.07, 6.45) is 0.774. The van der Waals surface area contributed by atoms with E-state index in [-0.39, 0.29) is 24.9 Å². The fourth-order valence-electron chi connectivity index (χ4n) is 5.68. The van der Waals surface area contributed by atoms with E-state index >= 15 is 0 Å². The van der Waals surface area contributed by atoms with Gasteiger partial charge in [-0.05, 0) is 72.6 Å². The Labute approximate surface area is 189 Å². The SMILES string of the molecule is O=C(O)CC1CCc2c1[nH]c1ccc(OCc3cccc(C(F)(F)F)c3C3CCCC3)cc21. The van der Waals surface area contributed by atoms with Gasteiger partial charge in [-0.2, -0.15) is 13.2 Å². The Morgan fingerprint density at radius 2 is 1.91 bits per heavy atom. The van der Waals surface area contributed by atoms with Crippen LogP contribution in [0.4, 0.5) is 13.2 Å². The second kappa shape index (κ2) is 8.43. The number of aromatic amines is 1. The summed E-state index contributed by atoms with van der Waals surface area (Å²) >= 11 is 0. The maximum absolute atomic E-state index is 13.7. The molecule has 33 heavy (non-hydrogen) atoms. The number of hydrogen-bond acceptors (Lipinski definition) is 2. The van der Waals surface area contributed by atoms with Gasteiger partial charge in [0.05, 0.1) is 12.0 Å². The van der Waals surface area contributed by atoms with Gasteiger partial charge >= 0.3 is 12.1 Å². The van der Waals surface area contributed by atoms with Crippen LogP contribution < -0.4 is 4.74 Å². The molecule has 0 radical (unpaired) electrons. The van der Waals surface area contributed by atoms with Crippen molar-refractivity contribution in [2.45, 2.75) is 69.6 Å². The summed E-state index contributed by atoms with van der Waals surface area (Å²) in [5.74, 6) is -0.313. The molecule has 4 nitrogen and oxygen atoms in total. The number of fused-ring (bicyclic) bond motifs is 3. The Morgan fingerprint density at radius 3 is 2.64 bits per heavy atom. The summed E-state index contributed by atoms with van der Waals surface area (Å²) in [5, 5.41) is 10.2. The summed E-state index contributed by atoms with van der Waals surface area (Å²) in [6, 6.07) is 10.0. The van der Waals surface area contributed by atoms with E-state index in [9.17, 15) is 18.0 Å². The lowest BCUT2D eigenvalue weighted by molar-refractivity contribution is -0.139. The molecule has 0 bridgehead atoms. The fraction of sp³-hybridized carbons (Fsp3) is 0.423. The third-order valence-corrected chi connectivity index (χ3v) is 7.14. The number of benzene rings is 2. The van der Waals surface area contributed by atoms with Crippen LogP contribution in [0.15, 0.2) is 36.4 Å². The predicted molar refractivity (Wildman–Crippen MR) is 119 cm³/mol. The highest BCUT2D eigenvalue weighted by Gasteiger charge is 2.37. The maximum Gasteiger partial charge on any atom is 0.416 e. The number of aromatic nitrogens is 1. The topological polar surface area (TPSA) is 62.3 Å². The number of H-pyrrole nitrogens is 1. The smallest absolute Gasteiger partial charge is 0.416 e. The van der Waals surface area contributed by atoms with Gasteiger partial charge in [0.15, 0.2) is 0 Å². The zero-order valence-corrected chi connectivity index (χ0v) is 18.2. The van der Waals surface area contributed by atoms with Gasteiger partial charge in [-0.1, -0.05) is 25.0 Å². The van der Waals surface area contributed by atoms with Crippen LogP contribution in [-0.4, -0.2) is 16.1 Å². The molecule has 1 heterocycles. The van der Waals surface area contributed by atoms with Crippen LogP contribution in [0.25, 0.3) is 10.9 Å². The lowest BCUT2D eigenvalue weighted by Crippen LogP contribution is -2.14. The molecule has 2 aliphatic rings. The van der Waals surface area contributed by atoms with Crippen molar-refractivity contribution in [1.29, 1.82) is 0 Å². The van der Waals surface area contributed by atoms with E-state index in [0.29, 0.717) is 16.9 Å². The molecule has 1 fully saturated rings. The third kappa shape index (κ3) is 4.21. The Hall–Kier alpha value is -2.96. The standard InChI is InChI=1S/C26H26F3NO3/c27-26(28,29)21-7-3-6-17(24(21)15-4-1-2-5-15)14-33-18-9-11-22-20(13-18)19-10-8-16(12-23(31)32)25(19)30-22/h3,6-7,9,11,13,15-16,30H,1-2,4-5,8,10,12,14H2,(H,31,32). The first-order chi connectivity index (χ1) is 15.8. The maximum atomic E-state index is 13.7. The van der Waals surface area contributed by atoms with Gasteiger partial charge in [0, 0.05) is 22.5 Å². The van der Waals surface area contributed by atoms with Crippen molar-refractivity contribution in [1.82, 2.24) is 4.98 Å². The van der Waals surface area contributed by atoms with Gasteiger partial charge in [-0.3, -0.25) is 4.79 Å². The number of aryl methyl sites for hydroxylation is 1. The van der Waals surface area contributed by atoms with Gasteiger partial charge in [0.25, 0.3) is 0 Å². The van der Waals surface area contributed by atoms with Gasteiger partial charge in [-0.25, -0.2) is 0 Å². The molecule has 1 atom stereocenters. The molecule has 1 aromatic heterocycles. The number of hydrogen-bond donors (Lipinski definition) is 2. The van der Waals surface area contributed by atoms with E-state index in [0.717, 1.165) is 60.7 Å². The minimum atomic E-state index is -4.38. The number of carboxylic acids is 1. The lowest BCUT2D eigenvalue weighted by Gasteiger charge is -2.21. The van der Waals surface area contributed by atoms with Crippen LogP contribution in [0.2, 0.25) is 0 Å². The van der Waals surface area contributed by atoms with Crippen molar-refractivity contribution >= 4 is 16.9 Å². The first-order valence-electron chi connectivity index (χ1n) is 11.5. The first kappa shape index (κ1) is 21.9. The minimum absolute atomic E-state index is 0.0200. The highest BCUT2D eigenvalue weighted by molar-refractivity contribution is 5.87. The molecule has 2 aromatic carbocycles. The molecule has 0 aliphatic heterocycles. The molecular weight excluding hydrogens is 431 g/mol. The van der Waals surface area contributed by atoms with E-state index in [1.54, 1.807) is 6.07 Å². The normalized spacial score (nSPS) is 18.7. The molecule has 5 rings (SSSR count). The summed E-state index contributed by atoms with van der Waals surface area (Å²) in [4.78, 5) is 14.5. The van der Waals surface area contributed by atoms with Crippen LogP contribution >= 0.6 is 0 Å². The van der Waals surface area contributed by atoms with Gasteiger partial charge in [0.2, 0.25) is 0 Å². The van der Waals surface area contributed by atoms with Crippen molar-refractivity contribution in [2.24, 2.45) is 0 Å². The number of rotatable bonds is 6. The molecule has 0 amide bonds. The Morgan fingerprint density at radius 1 is 1.12 bits per heavy atom. The second-order valence-corrected chi connectivity index (χ2v) is 9.20. The summed E-state index contributed by atoms with van der Waals surface area (Å²) in [6.45, 7) is 0.0789. The van der Waals surface area contributed by atoms with Gasteiger partial charge in [0.1, 0.15) is 12.4 Å². The molecule has 2 N–H and O–H groups in total. The largest absolute Gasteiger partial charge is 0.489 e. The quantitative estimate of drug-likeness (QED) is 0.422. The Kier molecular flexibility index (Phi) is 5.59. The average molecular weight is 457 g/mol. The number of ether oxygens (including phenoxy) is 1. The molecule has 0 spiro atoms. The highest BCUT2D eigenvalue weighted by atomic mass is 19.4. The van der Waals surface area contributed by atoms with E-state index < -0.39 is 17.7 Å². The van der Waals surface area contributed by atoms with Crippen molar-refractivity contribution < 1.29 is 27.8 Å². The molecule has 7 heteroatoms. The summed E-state index contributed by atoms with van der Waals surface area (Å²) < 4.78 is 47.2. The number of halogens is 3. The monoisotopic (exact) mass is 457 g/mol. The predicted octanol–water partition coefficient (Wildman–Crippen LogP) is 6.93. The minimum Gasteiger partial charge on any atom is -0.489 e. The number of carboxylic acid groups (broad SMARTS) is 1. The van der Waals surface area contributed by atoms with E-state index in [1.165, 1.54) is 12.1 Å². The van der Waals surface area contributed by atoms with Crippen LogP contribution in [0.5, 0.6) is 5.75 Å². The van der Waals surface area contributed by atoms with Crippen LogP contribution in [0, 0.1) is 0 Å². The van der Waals surface area contributed by atoms with Crippen molar-refractivity contribution in [3.05, 3.63) is 64.3 Å². The van der Waals surface area contributed by atoms with Gasteiger partial charge in [-0.15, -0.1) is 0 Å². The molecule has 3 aromatic rings. The first-order valence-corrected chi connectivity index (χ1v) is 11.5. The number of carbonyl (C=O) groups is 1. The zero-order chi connectivity index (χ0) is 23.2. The molecule has 174 valence electrons. The molecule has 2 aliphatic carbocycles. The molecule has 0 saturated heterocycles. The number of alkyl halides is 3. The molecule has 1 unspecified atom stereocenters. The van der Waals surface area contributed by atoms with E-state index in [2.05, 4.69) is 4.98 Å². The Balaban J connectivity index is 1.42. The van der Waals surface area contributed by atoms with Crippen molar-refractivity contribution in [3.8, 4) is 5.75 Å². The third-order valence-electron chi connectivity index (χ3n) is 7.14. The fourth-order valence-corrected chi connectivity index (χ4v) is 5.68. The lowest BCUT2D eigenvalue weighted by atomic mass is 9.88. The second-order valence-electron chi connectivity index (χ2n) is 9.20. The van der Waals surface area contributed by atoms with Crippen LogP contribution in [0.1, 0.15) is 78.3 Å². The number of aliphatic carboxylic acids is 1. The van der Waals surface area contributed by atoms with E-state index in [4.69, 9.17) is 9.84 Å². The molecular formula is C26H26F3NO3. The summed E-state index contributed by atoms with van der Waals surface area (Å²) in [7, 11) is 0. The van der Waals surface area contributed by atoms with E-state index in [1.807, 2.05) is 18.2 Å². The van der Waals surface area contributed by atoms with Gasteiger partial charge < -0.3 is 14.8 Å². The Bertz CT molecular complexity index is 1190. The molecule has 1 saturated carbocycles. The van der Waals surface area contributed by atoms with Crippen molar-refractivity contribution in [2.75, 3.05) is 0 Å². The summed E-state index contributed by atoms with van der Waals surface area (Å²) in [5.41, 5.74) is 3.46. The van der Waals surface area contributed by atoms with Crippen LogP contribution in [-0.2, 0) is 24.0 Å².